The summed E-state index contributed by atoms with van der Waals surface area (Å²) in [5.74, 6) is 1.44. The number of amides is 1. The molecule has 0 aliphatic rings. The van der Waals surface area contributed by atoms with Crippen LogP contribution in [0.3, 0.4) is 0 Å². The van der Waals surface area contributed by atoms with E-state index >= 15 is 0 Å². The monoisotopic (exact) mass is 362 g/mol. The zero-order chi connectivity index (χ0) is 18.4. The average Bonchev–Trinajstić information content (AvgIpc) is 3.14. The first kappa shape index (κ1) is 19.3. The smallest absolute Gasteiger partial charge is 0.234 e. The number of carbonyl (C=O) groups is 1. The van der Waals surface area contributed by atoms with Gasteiger partial charge in [-0.3, -0.25) is 9.69 Å². The van der Waals surface area contributed by atoms with Gasteiger partial charge in [-0.2, -0.15) is 0 Å². The largest absolute Gasteiger partial charge is 0.497 e. The van der Waals surface area contributed by atoms with Crippen molar-refractivity contribution in [3.05, 3.63) is 46.2 Å². The van der Waals surface area contributed by atoms with Crippen LogP contribution in [-0.2, 0) is 4.79 Å². The predicted molar refractivity (Wildman–Crippen MR) is 101 cm³/mol. The van der Waals surface area contributed by atoms with Crippen molar-refractivity contribution < 1.29 is 14.3 Å². The maximum atomic E-state index is 12.4. The summed E-state index contributed by atoms with van der Waals surface area (Å²) in [4.78, 5) is 15.7. The summed E-state index contributed by atoms with van der Waals surface area (Å²) in [6.07, 6.45) is 0. The second-order valence-corrected chi connectivity index (χ2v) is 6.98. The van der Waals surface area contributed by atoms with E-state index in [-0.39, 0.29) is 18.0 Å². The van der Waals surface area contributed by atoms with Gasteiger partial charge in [-0.1, -0.05) is 6.07 Å². The molecule has 2 unspecified atom stereocenters. The molecule has 0 saturated heterocycles. The predicted octanol–water partition coefficient (Wildman–Crippen LogP) is 3.64. The van der Waals surface area contributed by atoms with Gasteiger partial charge in [0.2, 0.25) is 5.91 Å². The average molecular weight is 362 g/mol. The molecule has 1 amide bonds. The van der Waals surface area contributed by atoms with E-state index in [0.29, 0.717) is 6.54 Å². The summed E-state index contributed by atoms with van der Waals surface area (Å²) in [5.41, 5.74) is 0.893. The summed E-state index contributed by atoms with van der Waals surface area (Å²) in [5, 5.41) is 5.09. The van der Waals surface area contributed by atoms with Crippen LogP contribution in [0, 0.1) is 0 Å². The van der Waals surface area contributed by atoms with Crippen molar-refractivity contribution in [1.29, 1.82) is 0 Å². The van der Waals surface area contributed by atoms with Crippen LogP contribution in [0.5, 0.6) is 11.5 Å². The van der Waals surface area contributed by atoms with Crippen LogP contribution in [0.2, 0.25) is 0 Å². The van der Waals surface area contributed by atoms with Gasteiger partial charge >= 0.3 is 0 Å². The van der Waals surface area contributed by atoms with E-state index in [1.54, 1.807) is 25.6 Å². The van der Waals surface area contributed by atoms with Gasteiger partial charge in [0.15, 0.2) is 0 Å². The molecular weight excluding hydrogens is 336 g/mol. The fourth-order valence-electron chi connectivity index (χ4n) is 2.65. The summed E-state index contributed by atoms with van der Waals surface area (Å²) in [6.45, 7) is 4.38. The molecule has 6 heteroatoms. The highest BCUT2D eigenvalue weighted by Crippen LogP contribution is 2.29. The molecule has 136 valence electrons. The van der Waals surface area contributed by atoms with Gasteiger partial charge in [0.1, 0.15) is 11.5 Å². The fourth-order valence-corrected chi connectivity index (χ4v) is 3.50. The van der Waals surface area contributed by atoms with Crippen molar-refractivity contribution in [2.45, 2.75) is 25.9 Å². The second kappa shape index (κ2) is 8.87. The van der Waals surface area contributed by atoms with Gasteiger partial charge < -0.3 is 14.8 Å². The summed E-state index contributed by atoms with van der Waals surface area (Å²) in [7, 11) is 5.20. The Morgan fingerprint density at radius 3 is 2.60 bits per heavy atom. The standard InChI is InChI=1S/C19H26N2O3S/c1-13(16-11-15(23-4)8-9-17(16)24-5)20-19(22)12-21(3)14(2)18-7-6-10-25-18/h6-11,13-14H,12H2,1-5H3,(H,20,22). The molecule has 1 N–H and O–H groups in total. The molecule has 0 radical (unpaired) electrons. The molecule has 1 aromatic heterocycles. The van der Waals surface area contributed by atoms with E-state index in [4.69, 9.17) is 9.47 Å². The Balaban J connectivity index is 2.00. The van der Waals surface area contributed by atoms with Crippen LogP contribution >= 0.6 is 11.3 Å². The zero-order valence-electron chi connectivity index (χ0n) is 15.4. The quantitative estimate of drug-likeness (QED) is 0.779. The van der Waals surface area contributed by atoms with Crippen molar-refractivity contribution in [2.75, 3.05) is 27.8 Å². The van der Waals surface area contributed by atoms with Gasteiger partial charge in [-0.15, -0.1) is 11.3 Å². The zero-order valence-corrected chi connectivity index (χ0v) is 16.2. The molecule has 2 aromatic rings. The lowest BCUT2D eigenvalue weighted by Gasteiger charge is -2.24. The third-order valence-electron chi connectivity index (χ3n) is 4.29. The maximum Gasteiger partial charge on any atom is 0.234 e. The van der Waals surface area contributed by atoms with Crippen LogP contribution < -0.4 is 14.8 Å². The number of carbonyl (C=O) groups excluding carboxylic acids is 1. The Hall–Kier alpha value is -2.05. The Morgan fingerprint density at radius 1 is 1.24 bits per heavy atom. The number of nitrogens with one attached hydrogen (secondary N) is 1. The van der Waals surface area contributed by atoms with Crippen molar-refractivity contribution in [2.24, 2.45) is 0 Å². The number of methoxy groups -OCH3 is 2. The van der Waals surface area contributed by atoms with E-state index in [0.717, 1.165) is 17.1 Å². The van der Waals surface area contributed by atoms with Crippen molar-refractivity contribution >= 4 is 17.2 Å². The van der Waals surface area contributed by atoms with Gasteiger partial charge in [0, 0.05) is 16.5 Å². The fraction of sp³-hybridized carbons (Fsp3) is 0.421. The Kier molecular flexibility index (Phi) is 6.84. The third kappa shape index (κ3) is 4.96. The molecule has 25 heavy (non-hydrogen) atoms. The Bertz CT molecular complexity index is 688. The van der Waals surface area contributed by atoms with Crippen LogP contribution in [0.4, 0.5) is 0 Å². The molecule has 1 heterocycles. The molecule has 0 aliphatic heterocycles. The number of hydrogen-bond acceptors (Lipinski definition) is 5. The van der Waals surface area contributed by atoms with Crippen molar-refractivity contribution in [1.82, 2.24) is 10.2 Å². The maximum absolute atomic E-state index is 12.4. The van der Waals surface area contributed by atoms with Gasteiger partial charge in [0.25, 0.3) is 0 Å². The Labute approximate surface area is 153 Å². The second-order valence-electron chi connectivity index (χ2n) is 6.00. The summed E-state index contributed by atoms with van der Waals surface area (Å²) in [6, 6.07) is 9.72. The van der Waals surface area contributed by atoms with E-state index < -0.39 is 0 Å². The highest BCUT2D eigenvalue weighted by atomic mass is 32.1. The lowest BCUT2D eigenvalue weighted by Crippen LogP contribution is -2.37. The lowest BCUT2D eigenvalue weighted by molar-refractivity contribution is -0.123. The highest BCUT2D eigenvalue weighted by molar-refractivity contribution is 7.10. The number of benzene rings is 1. The van der Waals surface area contributed by atoms with Crippen LogP contribution in [0.25, 0.3) is 0 Å². The van der Waals surface area contributed by atoms with Crippen LogP contribution in [0.15, 0.2) is 35.7 Å². The van der Waals surface area contributed by atoms with E-state index in [1.165, 1.54) is 4.88 Å². The molecule has 0 saturated carbocycles. The lowest BCUT2D eigenvalue weighted by atomic mass is 10.1. The Morgan fingerprint density at radius 2 is 2.00 bits per heavy atom. The first-order chi connectivity index (χ1) is 12.0. The van der Waals surface area contributed by atoms with Gasteiger partial charge in [-0.05, 0) is 50.5 Å². The topological polar surface area (TPSA) is 50.8 Å². The first-order valence-corrected chi connectivity index (χ1v) is 9.09. The molecule has 0 aliphatic carbocycles. The first-order valence-electron chi connectivity index (χ1n) is 8.21. The molecule has 1 aromatic carbocycles. The minimum atomic E-state index is -0.178. The minimum Gasteiger partial charge on any atom is -0.497 e. The number of thiophene rings is 1. The summed E-state index contributed by atoms with van der Waals surface area (Å²) >= 11 is 1.70. The molecule has 5 nitrogen and oxygen atoms in total. The van der Waals surface area contributed by atoms with Crippen LogP contribution in [-0.4, -0.2) is 38.6 Å². The van der Waals surface area contributed by atoms with E-state index in [9.17, 15) is 4.79 Å². The van der Waals surface area contributed by atoms with Crippen molar-refractivity contribution in [3.63, 3.8) is 0 Å². The number of rotatable bonds is 8. The van der Waals surface area contributed by atoms with Gasteiger partial charge in [0.05, 0.1) is 26.8 Å². The molecular formula is C19H26N2O3S. The van der Waals surface area contributed by atoms with Gasteiger partial charge in [-0.25, -0.2) is 0 Å². The molecule has 0 spiro atoms. The SMILES string of the molecule is COc1ccc(OC)c(C(C)NC(=O)CN(C)C(C)c2cccs2)c1. The minimum absolute atomic E-state index is 0.0247. The number of hydrogen-bond donors (Lipinski definition) is 1. The highest BCUT2D eigenvalue weighted by Gasteiger charge is 2.19. The molecule has 0 fully saturated rings. The number of likely N-dealkylation sites (N-methyl/N-ethyl adjacent to an activating group) is 1. The van der Waals surface area contributed by atoms with Crippen molar-refractivity contribution in [3.8, 4) is 11.5 Å². The van der Waals surface area contributed by atoms with E-state index in [1.807, 2.05) is 43.1 Å². The normalized spacial score (nSPS) is 13.4. The van der Waals surface area contributed by atoms with Crippen LogP contribution in [0.1, 0.15) is 36.4 Å². The molecule has 2 atom stereocenters. The summed E-state index contributed by atoms with van der Waals surface area (Å²) < 4.78 is 10.7. The van der Waals surface area contributed by atoms with E-state index in [2.05, 4.69) is 23.7 Å². The number of ether oxygens (including phenoxy) is 2. The molecule has 0 bridgehead atoms. The third-order valence-corrected chi connectivity index (χ3v) is 5.33. The number of nitrogens with zero attached hydrogens (tertiary/aromatic N) is 1. The molecule has 2 rings (SSSR count).